The molecule has 0 amide bonds. The number of methoxy groups -OCH3 is 1. The van der Waals surface area contributed by atoms with E-state index in [1.165, 1.54) is 0 Å². The zero-order chi connectivity index (χ0) is 15.6. The molecular weight excluding hydrogens is 294 g/mol. The van der Waals surface area contributed by atoms with Crippen molar-refractivity contribution in [3.63, 3.8) is 0 Å². The van der Waals surface area contributed by atoms with Crippen LogP contribution in [0.25, 0.3) is 0 Å². The maximum Gasteiger partial charge on any atom is 0.455 e. The van der Waals surface area contributed by atoms with Gasteiger partial charge in [0.2, 0.25) is 0 Å². The first-order chi connectivity index (χ1) is 9.07. The lowest BCUT2D eigenvalue weighted by Crippen LogP contribution is -2.24. The molecule has 0 saturated carbocycles. The first kappa shape index (κ1) is 16.3. The summed E-state index contributed by atoms with van der Waals surface area (Å²) in [5, 5.41) is 0. The van der Waals surface area contributed by atoms with Gasteiger partial charge in [0, 0.05) is 7.11 Å². The zero-order valence-electron chi connectivity index (χ0n) is 9.93. The van der Waals surface area contributed by atoms with Gasteiger partial charge in [-0.05, 0) is 18.2 Å². The van der Waals surface area contributed by atoms with Gasteiger partial charge in [-0.1, -0.05) is 0 Å². The van der Waals surface area contributed by atoms with E-state index in [1.54, 1.807) is 0 Å². The minimum Gasteiger partial charge on any atom is -0.467 e. The van der Waals surface area contributed by atoms with Crippen LogP contribution in [0.4, 0.5) is 26.3 Å². The molecule has 0 aliphatic heterocycles. The minimum absolute atomic E-state index is 0.0980. The summed E-state index contributed by atoms with van der Waals surface area (Å²) < 4.78 is 83.5. The molecule has 0 unspecified atom stereocenters. The van der Waals surface area contributed by atoms with Gasteiger partial charge < -0.3 is 9.47 Å². The number of hydrogen-bond donors (Lipinski definition) is 0. The molecule has 0 N–H and O–H groups in total. The van der Waals surface area contributed by atoms with Crippen LogP contribution in [0.3, 0.4) is 0 Å². The SMILES string of the molecule is COCOc1ccc(C(F)(F)F)cc1C(=O)C(F)(F)F. The van der Waals surface area contributed by atoms with Gasteiger partial charge in [-0.3, -0.25) is 4.79 Å². The highest BCUT2D eigenvalue weighted by atomic mass is 19.4. The van der Waals surface area contributed by atoms with E-state index in [0.717, 1.165) is 7.11 Å². The first-order valence-electron chi connectivity index (χ1n) is 5.02. The van der Waals surface area contributed by atoms with E-state index >= 15 is 0 Å². The summed E-state index contributed by atoms with van der Waals surface area (Å²) in [5.74, 6) is -3.06. The van der Waals surface area contributed by atoms with Crippen LogP contribution in [0.15, 0.2) is 18.2 Å². The summed E-state index contributed by atoms with van der Waals surface area (Å²) in [6.07, 6.45) is -10.2. The summed E-state index contributed by atoms with van der Waals surface area (Å²) in [7, 11) is 1.16. The third-order valence-corrected chi connectivity index (χ3v) is 2.14. The average Bonchev–Trinajstić information content (AvgIpc) is 2.33. The Morgan fingerprint density at radius 1 is 1.15 bits per heavy atom. The van der Waals surface area contributed by atoms with Crippen LogP contribution < -0.4 is 4.74 Å². The van der Waals surface area contributed by atoms with Crippen molar-refractivity contribution in [3.8, 4) is 5.75 Å². The van der Waals surface area contributed by atoms with E-state index < -0.39 is 41.8 Å². The van der Waals surface area contributed by atoms with Gasteiger partial charge in [0.15, 0.2) is 6.79 Å². The molecule has 0 bridgehead atoms. The smallest absolute Gasteiger partial charge is 0.455 e. The monoisotopic (exact) mass is 302 g/mol. The molecule has 1 aromatic rings. The molecule has 9 heteroatoms. The molecule has 0 spiro atoms. The van der Waals surface area contributed by atoms with Gasteiger partial charge in [-0.2, -0.15) is 26.3 Å². The van der Waals surface area contributed by atoms with Crippen molar-refractivity contribution in [3.05, 3.63) is 29.3 Å². The molecule has 0 aliphatic carbocycles. The lowest BCUT2D eigenvalue weighted by molar-refractivity contribution is -0.137. The lowest BCUT2D eigenvalue weighted by atomic mass is 10.1. The highest BCUT2D eigenvalue weighted by Crippen LogP contribution is 2.35. The standard InChI is InChI=1S/C11H8F6O3/c1-19-5-20-8-3-2-6(10(12,13)14)4-7(8)9(18)11(15,16)17/h2-4H,5H2,1H3. The van der Waals surface area contributed by atoms with Crippen molar-refractivity contribution < 1.29 is 40.6 Å². The fourth-order valence-corrected chi connectivity index (χ4v) is 1.28. The topological polar surface area (TPSA) is 35.5 Å². The van der Waals surface area contributed by atoms with Gasteiger partial charge in [-0.15, -0.1) is 0 Å². The predicted molar refractivity (Wildman–Crippen MR) is 54.3 cm³/mol. The van der Waals surface area contributed by atoms with Gasteiger partial charge in [0.05, 0.1) is 11.1 Å². The molecule has 0 heterocycles. The minimum atomic E-state index is -5.31. The number of hydrogen-bond acceptors (Lipinski definition) is 3. The predicted octanol–water partition coefficient (Wildman–Crippen LogP) is 3.43. The number of carbonyl (C=O) groups is 1. The van der Waals surface area contributed by atoms with Gasteiger partial charge >= 0.3 is 12.4 Å². The third kappa shape index (κ3) is 3.86. The van der Waals surface area contributed by atoms with E-state index in [9.17, 15) is 31.1 Å². The number of halogens is 6. The van der Waals surface area contributed by atoms with Crippen LogP contribution in [0.5, 0.6) is 5.75 Å². The van der Waals surface area contributed by atoms with Crippen molar-refractivity contribution in [2.75, 3.05) is 13.9 Å². The van der Waals surface area contributed by atoms with Crippen molar-refractivity contribution in [1.29, 1.82) is 0 Å². The Kier molecular flexibility index (Phi) is 4.64. The Morgan fingerprint density at radius 3 is 2.20 bits per heavy atom. The summed E-state index contributed by atoms with van der Waals surface area (Å²) in [4.78, 5) is 11.1. The van der Waals surface area contributed by atoms with Crippen molar-refractivity contribution in [1.82, 2.24) is 0 Å². The molecule has 0 aromatic heterocycles. The maximum atomic E-state index is 12.5. The van der Waals surface area contributed by atoms with E-state index in [-0.39, 0.29) is 6.07 Å². The van der Waals surface area contributed by atoms with E-state index in [2.05, 4.69) is 9.47 Å². The quantitative estimate of drug-likeness (QED) is 0.485. The molecule has 3 nitrogen and oxygen atoms in total. The molecular formula is C11H8F6O3. The molecule has 0 atom stereocenters. The third-order valence-electron chi connectivity index (χ3n) is 2.14. The second kappa shape index (κ2) is 5.70. The molecule has 112 valence electrons. The Labute approximate surface area is 109 Å². The van der Waals surface area contributed by atoms with E-state index in [0.29, 0.717) is 12.1 Å². The van der Waals surface area contributed by atoms with Crippen LogP contribution in [0, 0.1) is 0 Å². The van der Waals surface area contributed by atoms with Crippen LogP contribution >= 0.6 is 0 Å². The summed E-state index contributed by atoms with van der Waals surface area (Å²) in [5.41, 5.74) is -2.60. The van der Waals surface area contributed by atoms with Gasteiger partial charge in [0.25, 0.3) is 5.78 Å². The van der Waals surface area contributed by atoms with Crippen molar-refractivity contribution in [2.45, 2.75) is 12.4 Å². The second-order valence-electron chi connectivity index (χ2n) is 3.59. The number of alkyl halides is 6. The fourth-order valence-electron chi connectivity index (χ4n) is 1.28. The van der Waals surface area contributed by atoms with Crippen molar-refractivity contribution in [2.24, 2.45) is 0 Å². The molecule has 0 radical (unpaired) electrons. The summed E-state index contributed by atoms with van der Waals surface area (Å²) in [6, 6.07) is 1.25. The number of rotatable bonds is 4. The Hall–Kier alpha value is -1.77. The zero-order valence-corrected chi connectivity index (χ0v) is 9.93. The molecule has 1 rings (SSSR count). The molecule has 0 aliphatic rings. The number of carbonyl (C=O) groups excluding carboxylic acids is 1. The number of Topliss-reactive ketones (excluding diaryl/α,β-unsaturated/α-hetero) is 1. The second-order valence-corrected chi connectivity index (χ2v) is 3.59. The highest BCUT2D eigenvalue weighted by Gasteiger charge is 2.42. The van der Waals surface area contributed by atoms with E-state index in [1.807, 2.05) is 0 Å². The Bertz CT molecular complexity index is 492. The van der Waals surface area contributed by atoms with Gasteiger partial charge in [0.1, 0.15) is 5.75 Å². The summed E-state index contributed by atoms with van der Waals surface area (Å²) in [6.45, 7) is -0.510. The average molecular weight is 302 g/mol. The van der Waals surface area contributed by atoms with E-state index in [4.69, 9.17) is 0 Å². The Morgan fingerprint density at radius 2 is 1.75 bits per heavy atom. The maximum absolute atomic E-state index is 12.5. The van der Waals surface area contributed by atoms with Crippen molar-refractivity contribution >= 4 is 5.78 Å². The summed E-state index contributed by atoms with van der Waals surface area (Å²) >= 11 is 0. The highest BCUT2D eigenvalue weighted by molar-refractivity contribution is 6.02. The van der Waals surface area contributed by atoms with Gasteiger partial charge in [-0.25, -0.2) is 0 Å². The molecule has 1 aromatic carbocycles. The van der Waals surface area contributed by atoms with Crippen LogP contribution in [-0.2, 0) is 10.9 Å². The largest absolute Gasteiger partial charge is 0.467 e. The number of benzene rings is 1. The van der Waals surface area contributed by atoms with Crippen LogP contribution in [-0.4, -0.2) is 25.9 Å². The first-order valence-corrected chi connectivity index (χ1v) is 5.02. The number of ketones is 1. The molecule has 0 saturated heterocycles. The lowest BCUT2D eigenvalue weighted by Gasteiger charge is -2.14. The molecule has 0 fully saturated rings. The normalized spacial score (nSPS) is 12.3. The van der Waals surface area contributed by atoms with Crippen LogP contribution in [0.1, 0.15) is 15.9 Å². The fraction of sp³-hybridized carbons (Fsp3) is 0.364. The Balaban J connectivity index is 3.30. The van der Waals surface area contributed by atoms with Crippen LogP contribution in [0.2, 0.25) is 0 Å². The molecule has 20 heavy (non-hydrogen) atoms. The number of ether oxygens (including phenoxy) is 2.